The molecule has 0 spiro atoms. The minimum Gasteiger partial charge on any atom is -0.481 e. The van der Waals surface area contributed by atoms with Gasteiger partial charge in [0.15, 0.2) is 0 Å². The van der Waals surface area contributed by atoms with Gasteiger partial charge in [-0.15, -0.1) is 0 Å². The molecule has 0 amide bonds. The van der Waals surface area contributed by atoms with E-state index in [2.05, 4.69) is 22.1 Å². The highest BCUT2D eigenvalue weighted by Gasteiger charge is 2.18. The quantitative estimate of drug-likeness (QED) is 0.711. The van der Waals surface area contributed by atoms with Gasteiger partial charge in [-0.25, -0.2) is 4.98 Å². The predicted molar refractivity (Wildman–Crippen MR) is 93.4 cm³/mol. The van der Waals surface area contributed by atoms with Gasteiger partial charge in [0.25, 0.3) is 0 Å². The molecule has 0 bridgehead atoms. The van der Waals surface area contributed by atoms with Gasteiger partial charge >= 0.3 is 5.97 Å². The Bertz CT molecular complexity index is 813. The molecule has 1 atom stereocenters. The van der Waals surface area contributed by atoms with E-state index in [1.54, 1.807) is 6.20 Å². The van der Waals surface area contributed by atoms with Gasteiger partial charge < -0.3 is 10.1 Å². The van der Waals surface area contributed by atoms with Crippen molar-refractivity contribution in [2.24, 2.45) is 0 Å². The second-order valence-electron chi connectivity index (χ2n) is 5.66. The fraction of sp³-hybridized carbons (Fsp3) is 0.158. The van der Waals surface area contributed by atoms with Crippen molar-refractivity contribution in [3.8, 4) is 0 Å². The Morgan fingerprint density at radius 3 is 2.50 bits per heavy atom. The Balaban J connectivity index is 1.91. The molecule has 0 aliphatic heterocycles. The number of hydrogen-bond donors (Lipinski definition) is 2. The van der Waals surface area contributed by atoms with Crippen molar-refractivity contribution < 1.29 is 9.90 Å². The lowest BCUT2D eigenvalue weighted by Gasteiger charge is -2.15. The summed E-state index contributed by atoms with van der Waals surface area (Å²) in [6.07, 6.45) is 2.29. The first-order chi connectivity index (χ1) is 11.6. The first kappa shape index (κ1) is 16.3. The van der Waals surface area contributed by atoms with Crippen LogP contribution in [-0.2, 0) is 17.6 Å². The summed E-state index contributed by atoms with van der Waals surface area (Å²) < 4.78 is 0. The molecule has 4 nitrogen and oxygen atoms in total. The van der Waals surface area contributed by atoms with E-state index >= 15 is 0 Å². The van der Waals surface area contributed by atoms with Crippen LogP contribution in [0.1, 0.15) is 28.6 Å². The zero-order chi connectivity index (χ0) is 16.9. The van der Waals surface area contributed by atoms with Gasteiger partial charge in [0.05, 0.1) is 6.42 Å². The highest BCUT2D eigenvalue weighted by atomic mass is 35.5. The van der Waals surface area contributed by atoms with E-state index in [0.29, 0.717) is 10.7 Å². The molecule has 0 saturated carbocycles. The fourth-order valence-electron chi connectivity index (χ4n) is 2.72. The van der Waals surface area contributed by atoms with Crippen molar-refractivity contribution in [2.45, 2.75) is 18.8 Å². The van der Waals surface area contributed by atoms with Gasteiger partial charge in [0.2, 0.25) is 0 Å². The van der Waals surface area contributed by atoms with Crippen LogP contribution in [0.3, 0.4) is 0 Å². The normalized spacial score (nSPS) is 12.0. The number of carboxylic acid groups (broad SMARTS) is 1. The first-order valence-electron chi connectivity index (χ1n) is 7.67. The molecule has 1 heterocycles. The number of aliphatic carboxylic acids is 1. The molecule has 0 fully saturated rings. The standard InChI is InChI=1S/C19H17ClN2O2/c20-15-8-6-13(7-9-15)10-17(14-4-2-1-3-5-14)19-21-12-16(22-19)11-18(23)24/h1-9,12,17H,10-11H2,(H,21,22)(H,23,24). The van der Waals surface area contributed by atoms with Crippen molar-refractivity contribution in [1.29, 1.82) is 0 Å². The molecular weight excluding hydrogens is 324 g/mol. The number of hydrogen-bond acceptors (Lipinski definition) is 2. The molecule has 2 aromatic carbocycles. The number of nitrogens with one attached hydrogen (secondary N) is 1. The number of imidazole rings is 1. The molecule has 0 aliphatic carbocycles. The topological polar surface area (TPSA) is 66.0 Å². The van der Waals surface area contributed by atoms with E-state index in [9.17, 15) is 4.79 Å². The number of carbonyl (C=O) groups is 1. The summed E-state index contributed by atoms with van der Waals surface area (Å²) >= 11 is 5.96. The average molecular weight is 341 g/mol. The smallest absolute Gasteiger partial charge is 0.309 e. The number of carboxylic acids is 1. The molecule has 2 N–H and O–H groups in total. The Hall–Kier alpha value is -2.59. The van der Waals surface area contributed by atoms with Crippen LogP contribution in [0.2, 0.25) is 5.02 Å². The van der Waals surface area contributed by atoms with Gasteiger partial charge in [-0.1, -0.05) is 54.1 Å². The predicted octanol–water partition coefficient (Wildman–Crippen LogP) is 4.06. The van der Waals surface area contributed by atoms with Crippen molar-refractivity contribution in [2.75, 3.05) is 0 Å². The van der Waals surface area contributed by atoms with E-state index < -0.39 is 5.97 Å². The number of halogens is 1. The number of H-pyrrole nitrogens is 1. The minimum atomic E-state index is -0.876. The summed E-state index contributed by atoms with van der Waals surface area (Å²) in [6, 6.07) is 17.8. The maximum Gasteiger partial charge on any atom is 0.309 e. The second kappa shape index (κ2) is 7.32. The van der Waals surface area contributed by atoms with Gasteiger partial charge in [-0.05, 0) is 29.7 Å². The highest BCUT2D eigenvalue weighted by Crippen LogP contribution is 2.27. The monoisotopic (exact) mass is 340 g/mol. The summed E-state index contributed by atoms with van der Waals surface area (Å²) in [5.74, 6) is -0.0820. The van der Waals surface area contributed by atoms with Crippen LogP contribution in [0, 0.1) is 0 Å². The van der Waals surface area contributed by atoms with Crippen LogP contribution in [0.15, 0.2) is 60.8 Å². The molecular formula is C19H17ClN2O2. The van der Waals surface area contributed by atoms with Gasteiger partial charge in [0, 0.05) is 22.8 Å². The van der Waals surface area contributed by atoms with Crippen molar-refractivity contribution in [1.82, 2.24) is 9.97 Å². The van der Waals surface area contributed by atoms with Crippen molar-refractivity contribution in [3.05, 3.63) is 88.5 Å². The van der Waals surface area contributed by atoms with Crippen molar-refractivity contribution in [3.63, 3.8) is 0 Å². The lowest BCUT2D eigenvalue weighted by molar-refractivity contribution is -0.136. The van der Waals surface area contributed by atoms with Crippen LogP contribution < -0.4 is 0 Å². The Morgan fingerprint density at radius 2 is 1.83 bits per heavy atom. The second-order valence-corrected chi connectivity index (χ2v) is 6.09. The zero-order valence-corrected chi connectivity index (χ0v) is 13.7. The third-order valence-corrected chi connectivity index (χ3v) is 4.13. The number of aromatic nitrogens is 2. The summed E-state index contributed by atoms with van der Waals surface area (Å²) in [5.41, 5.74) is 2.88. The molecule has 1 unspecified atom stereocenters. The summed E-state index contributed by atoms with van der Waals surface area (Å²) in [6.45, 7) is 0. The lowest BCUT2D eigenvalue weighted by Crippen LogP contribution is -2.08. The van der Waals surface area contributed by atoms with Crippen LogP contribution in [0.5, 0.6) is 0 Å². The van der Waals surface area contributed by atoms with Crippen LogP contribution in [0.4, 0.5) is 0 Å². The number of nitrogens with zero attached hydrogens (tertiary/aromatic N) is 1. The van der Waals surface area contributed by atoms with E-state index in [1.807, 2.05) is 42.5 Å². The van der Waals surface area contributed by atoms with Crippen LogP contribution >= 0.6 is 11.6 Å². The van der Waals surface area contributed by atoms with Crippen LogP contribution in [0.25, 0.3) is 0 Å². The molecule has 0 radical (unpaired) electrons. The maximum atomic E-state index is 10.9. The highest BCUT2D eigenvalue weighted by molar-refractivity contribution is 6.30. The van der Waals surface area contributed by atoms with E-state index in [4.69, 9.17) is 16.7 Å². The number of aromatic amines is 1. The molecule has 3 aromatic rings. The molecule has 3 rings (SSSR count). The Labute approximate surface area is 145 Å². The number of benzene rings is 2. The summed E-state index contributed by atoms with van der Waals surface area (Å²) in [4.78, 5) is 18.5. The van der Waals surface area contributed by atoms with Crippen LogP contribution in [-0.4, -0.2) is 21.0 Å². The van der Waals surface area contributed by atoms with Crippen molar-refractivity contribution >= 4 is 17.6 Å². The molecule has 122 valence electrons. The third kappa shape index (κ3) is 4.03. The van der Waals surface area contributed by atoms with Gasteiger partial charge in [0.1, 0.15) is 5.82 Å². The largest absolute Gasteiger partial charge is 0.481 e. The first-order valence-corrected chi connectivity index (χ1v) is 8.04. The Morgan fingerprint density at radius 1 is 1.12 bits per heavy atom. The van der Waals surface area contributed by atoms with Gasteiger partial charge in [-0.3, -0.25) is 4.79 Å². The summed E-state index contributed by atoms with van der Waals surface area (Å²) in [5, 5.41) is 9.64. The third-order valence-electron chi connectivity index (χ3n) is 3.87. The fourth-order valence-corrected chi connectivity index (χ4v) is 2.85. The Kier molecular flexibility index (Phi) is 4.96. The summed E-state index contributed by atoms with van der Waals surface area (Å²) in [7, 11) is 0. The van der Waals surface area contributed by atoms with E-state index in [-0.39, 0.29) is 12.3 Å². The molecule has 5 heteroatoms. The lowest BCUT2D eigenvalue weighted by atomic mass is 9.91. The van der Waals surface area contributed by atoms with E-state index in [1.165, 1.54) is 0 Å². The number of rotatable bonds is 6. The van der Waals surface area contributed by atoms with E-state index in [0.717, 1.165) is 23.4 Å². The molecule has 1 aromatic heterocycles. The minimum absolute atomic E-state index is 0.0231. The maximum absolute atomic E-state index is 10.9. The molecule has 0 aliphatic rings. The average Bonchev–Trinajstić information content (AvgIpc) is 3.02. The zero-order valence-electron chi connectivity index (χ0n) is 12.9. The molecule has 0 saturated heterocycles. The molecule has 24 heavy (non-hydrogen) atoms. The van der Waals surface area contributed by atoms with Gasteiger partial charge in [-0.2, -0.15) is 0 Å². The SMILES string of the molecule is O=C(O)Cc1cnc(C(Cc2ccc(Cl)cc2)c2ccccc2)[nH]1.